The molecule has 1 amide bonds. The number of hydrazone groups is 1. The van der Waals surface area contributed by atoms with E-state index in [0.717, 1.165) is 0 Å². The number of rotatable bonds is 6. The zero-order chi connectivity index (χ0) is 17.5. The molecule has 126 valence electrons. The van der Waals surface area contributed by atoms with Crippen molar-refractivity contribution in [2.75, 3.05) is 0 Å². The van der Waals surface area contributed by atoms with E-state index >= 15 is 0 Å². The normalized spacial score (nSPS) is 11.4. The van der Waals surface area contributed by atoms with Crippen molar-refractivity contribution in [1.29, 1.82) is 0 Å². The number of ether oxygens (including phenoxy) is 1. The zero-order valence-electron chi connectivity index (χ0n) is 12.8. The minimum absolute atomic E-state index is 0.0396. The fourth-order valence-corrected chi connectivity index (χ4v) is 1.95. The number of carbonyl (C=O) groups is 1. The summed E-state index contributed by atoms with van der Waals surface area (Å²) in [6, 6.07) is 10.6. The highest BCUT2D eigenvalue weighted by Crippen LogP contribution is 2.20. The van der Waals surface area contributed by atoms with Crippen LogP contribution in [0.25, 0.3) is 0 Å². The summed E-state index contributed by atoms with van der Waals surface area (Å²) in [7, 11) is 0. The van der Waals surface area contributed by atoms with Crippen LogP contribution in [0.2, 0.25) is 0 Å². The molecular formula is C16H15F2N3O3. The number of benzene rings is 1. The Bertz CT molecular complexity index is 803. The minimum atomic E-state index is -2.96. The first kappa shape index (κ1) is 17.3. The van der Waals surface area contributed by atoms with Crippen molar-refractivity contribution in [3.05, 3.63) is 64.6 Å². The molecule has 1 aromatic carbocycles. The predicted molar refractivity (Wildman–Crippen MR) is 84.1 cm³/mol. The van der Waals surface area contributed by atoms with Gasteiger partial charge in [0.1, 0.15) is 12.3 Å². The molecule has 1 aromatic heterocycles. The summed E-state index contributed by atoms with van der Waals surface area (Å²) in [6.45, 7) is -1.62. The summed E-state index contributed by atoms with van der Waals surface area (Å²) in [6.07, 6.45) is 1.48. The number of amides is 1. The van der Waals surface area contributed by atoms with Gasteiger partial charge in [0.2, 0.25) is 0 Å². The maximum atomic E-state index is 12.4. The minimum Gasteiger partial charge on any atom is -0.434 e. The molecule has 24 heavy (non-hydrogen) atoms. The highest BCUT2D eigenvalue weighted by atomic mass is 19.3. The van der Waals surface area contributed by atoms with Crippen LogP contribution in [0.1, 0.15) is 12.5 Å². The van der Waals surface area contributed by atoms with Crippen molar-refractivity contribution in [3.8, 4) is 5.75 Å². The lowest BCUT2D eigenvalue weighted by molar-refractivity contribution is -0.121. The van der Waals surface area contributed by atoms with Crippen molar-refractivity contribution in [1.82, 2.24) is 9.99 Å². The lowest BCUT2D eigenvalue weighted by atomic mass is 10.1. The first-order valence-electron chi connectivity index (χ1n) is 7.00. The Balaban J connectivity index is 2.08. The molecule has 8 heteroatoms. The monoisotopic (exact) mass is 335 g/mol. The molecule has 0 saturated carbocycles. The van der Waals surface area contributed by atoms with E-state index in [2.05, 4.69) is 15.3 Å². The summed E-state index contributed by atoms with van der Waals surface area (Å²) in [4.78, 5) is 23.4. The molecule has 0 aliphatic rings. The number of halogens is 2. The largest absolute Gasteiger partial charge is 0.434 e. The number of nitrogens with zero attached hydrogens (tertiary/aromatic N) is 2. The number of nitrogens with one attached hydrogen (secondary N) is 1. The van der Waals surface area contributed by atoms with Crippen molar-refractivity contribution in [2.24, 2.45) is 5.10 Å². The van der Waals surface area contributed by atoms with E-state index in [0.29, 0.717) is 11.3 Å². The first-order chi connectivity index (χ1) is 11.5. The summed E-state index contributed by atoms with van der Waals surface area (Å²) in [5.41, 5.74) is 2.59. The number of hydrogen-bond donors (Lipinski definition) is 1. The quantitative estimate of drug-likeness (QED) is 0.648. The number of alkyl halides is 2. The van der Waals surface area contributed by atoms with Gasteiger partial charge in [0.05, 0.1) is 5.71 Å². The molecule has 1 N–H and O–H groups in total. The van der Waals surface area contributed by atoms with E-state index in [1.165, 1.54) is 22.9 Å². The van der Waals surface area contributed by atoms with Crippen molar-refractivity contribution in [2.45, 2.75) is 20.1 Å². The van der Waals surface area contributed by atoms with E-state index in [4.69, 9.17) is 0 Å². The number of carbonyl (C=O) groups excluding carboxylic acids is 1. The van der Waals surface area contributed by atoms with Crippen LogP contribution in [0, 0.1) is 0 Å². The lowest BCUT2D eigenvalue weighted by Gasteiger charge is -2.10. The van der Waals surface area contributed by atoms with Gasteiger partial charge in [-0.25, -0.2) is 5.43 Å². The Kier molecular flexibility index (Phi) is 5.78. The van der Waals surface area contributed by atoms with E-state index in [1.807, 2.05) is 0 Å². The second-order valence-corrected chi connectivity index (χ2v) is 4.77. The smallest absolute Gasteiger partial charge is 0.387 e. The highest BCUT2D eigenvalue weighted by Gasteiger charge is 2.11. The Hall–Kier alpha value is -3.03. The van der Waals surface area contributed by atoms with Crippen molar-refractivity contribution < 1.29 is 18.3 Å². The van der Waals surface area contributed by atoms with Crippen LogP contribution in [-0.2, 0) is 11.3 Å². The van der Waals surface area contributed by atoms with Gasteiger partial charge in [0.15, 0.2) is 0 Å². The molecule has 6 nitrogen and oxygen atoms in total. The second kappa shape index (κ2) is 8.00. The maximum absolute atomic E-state index is 12.4. The number of pyridine rings is 1. The van der Waals surface area contributed by atoms with Crippen LogP contribution in [0.15, 0.2) is 58.6 Å². The topological polar surface area (TPSA) is 72.7 Å². The summed E-state index contributed by atoms with van der Waals surface area (Å²) >= 11 is 0. The molecule has 0 aliphatic heterocycles. The molecule has 0 spiro atoms. The van der Waals surface area contributed by atoms with Gasteiger partial charge in [-0.2, -0.15) is 13.9 Å². The highest BCUT2D eigenvalue weighted by molar-refractivity contribution is 6.01. The Morgan fingerprint density at radius 3 is 2.67 bits per heavy atom. The Morgan fingerprint density at radius 2 is 1.96 bits per heavy atom. The third-order valence-corrected chi connectivity index (χ3v) is 3.05. The van der Waals surface area contributed by atoms with Crippen LogP contribution >= 0.6 is 0 Å². The lowest BCUT2D eigenvalue weighted by Crippen LogP contribution is -2.29. The van der Waals surface area contributed by atoms with E-state index in [-0.39, 0.29) is 17.9 Å². The van der Waals surface area contributed by atoms with Gasteiger partial charge in [-0.05, 0) is 25.1 Å². The molecule has 0 radical (unpaired) electrons. The van der Waals surface area contributed by atoms with Gasteiger partial charge in [0.25, 0.3) is 11.5 Å². The average Bonchev–Trinajstić information content (AvgIpc) is 2.55. The third kappa shape index (κ3) is 4.73. The standard InChI is InChI=1S/C16H15F2N3O3/c1-11(12-6-2-3-7-13(12)24-16(17)18)19-20-14(22)10-21-9-5-4-8-15(21)23/h2-9,16H,10H2,1H3,(H,20,22)/b19-11-. The molecule has 0 aliphatic carbocycles. The summed E-state index contributed by atoms with van der Waals surface area (Å²) < 4.78 is 30.4. The molecule has 1 heterocycles. The SMILES string of the molecule is C/C(=N/NC(=O)Cn1ccccc1=O)c1ccccc1OC(F)F. The first-order valence-corrected chi connectivity index (χ1v) is 7.00. The summed E-state index contributed by atoms with van der Waals surface area (Å²) in [5.74, 6) is -0.558. The van der Waals surface area contributed by atoms with Crippen molar-refractivity contribution >= 4 is 11.6 Å². The van der Waals surface area contributed by atoms with E-state index in [9.17, 15) is 18.4 Å². The third-order valence-electron chi connectivity index (χ3n) is 3.05. The molecule has 2 rings (SSSR count). The van der Waals surface area contributed by atoms with Crippen LogP contribution in [-0.4, -0.2) is 22.8 Å². The van der Waals surface area contributed by atoms with E-state index in [1.54, 1.807) is 37.3 Å². The van der Waals surface area contributed by atoms with Gasteiger partial charge in [0, 0.05) is 17.8 Å². The summed E-state index contributed by atoms with van der Waals surface area (Å²) in [5, 5.41) is 3.86. The van der Waals surface area contributed by atoms with Gasteiger partial charge >= 0.3 is 6.61 Å². The van der Waals surface area contributed by atoms with Crippen molar-refractivity contribution in [3.63, 3.8) is 0 Å². The van der Waals surface area contributed by atoms with Gasteiger partial charge in [-0.15, -0.1) is 0 Å². The van der Waals surface area contributed by atoms with Gasteiger partial charge < -0.3 is 9.30 Å². The molecule has 0 unspecified atom stereocenters. The van der Waals surface area contributed by atoms with Crippen LogP contribution < -0.4 is 15.7 Å². The van der Waals surface area contributed by atoms with Gasteiger partial charge in [-0.3, -0.25) is 9.59 Å². The average molecular weight is 335 g/mol. The molecular weight excluding hydrogens is 320 g/mol. The predicted octanol–water partition coefficient (Wildman–Crippen LogP) is 1.99. The van der Waals surface area contributed by atoms with Crippen LogP contribution in [0.4, 0.5) is 8.78 Å². The van der Waals surface area contributed by atoms with Crippen LogP contribution in [0.5, 0.6) is 5.75 Å². The molecule has 0 bridgehead atoms. The fraction of sp³-hybridized carbons (Fsp3) is 0.188. The second-order valence-electron chi connectivity index (χ2n) is 4.77. The number of para-hydroxylation sites is 1. The van der Waals surface area contributed by atoms with Gasteiger partial charge in [-0.1, -0.05) is 18.2 Å². The Labute approximate surface area is 136 Å². The molecule has 0 fully saturated rings. The molecule has 0 saturated heterocycles. The zero-order valence-corrected chi connectivity index (χ0v) is 12.8. The number of aromatic nitrogens is 1. The maximum Gasteiger partial charge on any atom is 0.387 e. The fourth-order valence-electron chi connectivity index (χ4n) is 1.95. The van der Waals surface area contributed by atoms with Crippen LogP contribution in [0.3, 0.4) is 0 Å². The van der Waals surface area contributed by atoms with E-state index < -0.39 is 12.5 Å². The Morgan fingerprint density at radius 1 is 1.25 bits per heavy atom. The molecule has 2 aromatic rings. The molecule has 0 atom stereocenters. The number of hydrogen-bond acceptors (Lipinski definition) is 4.